The number of carbonyl (C=O) groups is 1. The number of benzene rings is 1. The zero-order chi connectivity index (χ0) is 14.0. The Labute approximate surface area is 109 Å². The molecule has 1 amide bonds. The highest BCUT2D eigenvalue weighted by Gasteiger charge is 2.33. The lowest BCUT2D eigenvalue weighted by Gasteiger charge is -2.14. The molecule has 0 unspecified atom stereocenters. The van der Waals surface area contributed by atoms with Crippen molar-refractivity contribution < 1.29 is 18.0 Å². The number of hydrogen-bond acceptors (Lipinski definition) is 2. The van der Waals surface area contributed by atoms with Gasteiger partial charge in [-0.05, 0) is 36.5 Å². The number of hydrogen-bond donors (Lipinski definition) is 2. The van der Waals surface area contributed by atoms with E-state index in [1.165, 1.54) is 12.1 Å². The number of nitrogens with one attached hydrogen (secondary N) is 1. The van der Waals surface area contributed by atoms with Crippen LogP contribution in [0.4, 0.5) is 18.9 Å². The average Bonchev–Trinajstić information content (AvgIpc) is 3.11. The van der Waals surface area contributed by atoms with Gasteiger partial charge < -0.3 is 11.1 Å². The molecule has 0 aromatic heterocycles. The number of halogens is 3. The van der Waals surface area contributed by atoms with Crippen LogP contribution in [0.3, 0.4) is 0 Å². The summed E-state index contributed by atoms with van der Waals surface area (Å²) in [6.45, 7) is -0.189. The van der Waals surface area contributed by atoms with Crippen LogP contribution >= 0.6 is 0 Å². The highest BCUT2D eigenvalue weighted by molar-refractivity contribution is 5.91. The third kappa shape index (κ3) is 3.70. The van der Waals surface area contributed by atoms with E-state index in [4.69, 9.17) is 5.73 Å². The molecule has 0 aliphatic heterocycles. The second kappa shape index (κ2) is 5.21. The van der Waals surface area contributed by atoms with Crippen LogP contribution in [0.15, 0.2) is 18.2 Å². The summed E-state index contributed by atoms with van der Waals surface area (Å²) >= 11 is 0. The number of alkyl halides is 3. The minimum atomic E-state index is -4.47. The van der Waals surface area contributed by atoms with E-state index in [1.54, 1.807) is 0 Å². The van der Waals surface area contributed by atoms with Gasteiger partial charge in [0.05, 0.1) is 5.56 Å². The Morgan fingerprint density at radius 2 is 2.05 bits per heavy atom. The van der Waals surface area contributed by atoms with Gasteiger partial charge in [0.25, 0.3) is 0 Å². The molecule has 3 N–H and O–H groups in total. The Morgan fingerprint density at radius 3 is 2.58 bits per heavy atom. The first kappa shape index (κ1) is 13.9. The summed E-state index contributed by atoms with van der Waals surface area (Å²) in [6, 6.07) is 3.69. The largest absolute Gasteiger partial charge is 0.416 e. The maximum atomic E-state index is 12.8. The van der Waals surface area contributed by atoms with Gasteiger partial charge in [0.1, 0.15) is 0 Å². The lowest BCUT2D eigenvalue weighted by Crippen LogP contribution is -2.15. The van der Waals surface area contributed by atoms with Gasteiger partial charge in [0.15, 0.2) is 0 Å². The summed E-state index contributed by atoms with van der Waals surface area (Å²) in [4.78, 5) is 11.6. The van der Waals surface area contributed by atoms with Crippen LogP contribution in [0, 0.1) is 5.92 Å². The Hall–Kier alpha value is -1.56. The molecular weight excluding hydrogens is 257 g/mol. The Balaban J connectivity index is 2.14. The number of nitrogens with two attached hydrogens (primary N) is 1. The number of rotatable bonds is 4. The molecule has 2 rings (SSSR count). The van der Waals surface area contributed by atoms with Crippen molar-refractivity contribution in [2.75, 3.05) is 5.32 Å². The fourth-order valence-corrected chi connectivity index (χ4v) is 1.89. The van der Waals surface area contributed by atoms with Crippen LogP contribution < -0.4 is 11.1 Å². The lowest BCUT2D eigenvalue weighted by molar-refractivity contribution is -0.138. The molecule has 104 valence electrons. The third-order valence-electron chi connectivity index (χ3n) is 3.09. The summed E-state index contributed by atoms with van der Waals surface area (Å²) < 4.78 is 38.4. The average molecular weight is 272 g/mol. The first-order chi connectivity index (χ1) is 8.90. The quantitative estimate of drug-likeness (QED) is 0.885. The van der Waals surface area contributed by atoms with Crippen molar-refractivity contribution in [2.24, 2.45) is 11.7 Å². The maximum absolute atomic E-state index is 12.8. The van der Waals surface area contributed by atoms with Gasteiger partial charge in [-0.15, -0.1) is 0 Å². The highest BCUT2D eigenvalue weighted by atomic mass is 19.4. The molecule has 0 atom stereocenters. The second-order valence-corrected chi connectivity index (χ2v) is 4.77. The standard InChI is InChI=1S/C13H15F3N2O/c14-13(15,16)11-6-10(4-3-9(11)7-17)18-12(19)5-8-1-2-8/h3-4,6,8H,1-2,5,7,17H2,(H,18,19). The number of carbonyl (C=O) groups excluding carboxylic acids is 1. The monoisotopic (exact) mass is 272 g/mol. The van der Waals surface area contributed by atoms with E-state index in [0.717, 1.165) is 18.9 Å². The van der Waals surface area contributed by atoms with Gasteiger partial charge in [0, 0.05) is 18.7 Å². The van der Waals surface area contributed by atoms with Crippen LogP contribution in [0.5, 0.6) is 0 Å². The molecule has 0 radical (unpaired) electrons. The molecule has 0 bridgehead atoms. The number of anilines is 1. The van der Waals surface area contributed by atoms with Gasteiger partial charge in [0.2, 0.25) is 5.91 Å². The fraction of sp³-hybridized carbons (Fsp3) is 0.462. The molecule has 0 spiro atoms. The van der Waals surface area contributed by atoms with Crippen molar-refractivity contribution in [2.45, 2.75) is 32.0 Å². The Morgan fingerprint density at radius 1 is 1.37 bits per heavy atom. The predicted molar refractivity (Wildman–Crippen MR) is 65.3 cm³/mol. The molecule has 3 nitrogen and oxygen atoms in total. The van der Waals surface area contributed by atoms with E-state index >= 15 is 0 Å². The van der Waals surface area contributed by atoms with Gasteiger partial charge in [-0.1, -0.05) is 6.07 Å². The van der Waals surface area contributed by atoms with Gasteiger partial charge in [-0.25, -0.2) is 0 Å². The summed E-state index contributed by atoms with van der Waals surface area (Å²) in [7, 11) is 0. The zero-order valence-corrected chi connectivity index (χ0v) is 10.3. The minimum absolute atomic E-state index is 0.0210. The van der Waals surface area contributed by atoms with E-state index in [-0.39, 0.29) is 23.7 Å². The predicted octanol–water partition coefficient (Wildman–Crippen LogP) is 2.90. The molecule has 1 saturated carbocycles. The van der Waals surface area contributed by atoms with Crippen LogP contribution in [-0.2, 0) is 17.5 Å². The van der Waals surface area contributed by atoms with E-state index in [1.807, 2.05) is 0 Å². The van der Waals surface area contributed by atoms with Gasteiger partial charge in [-0.2, -0.15) is 13.2 Å². The van der Waals surface area contributed by atoms with E-state index in [2.05, 4.69) is 5.32 Å². The molecule has 1 aromatic rings. The van der Waals surface area contributed by atoms with Crippen molar-refractivity contribution >= 4 is 11.6 Å². The zero-order valence-electron chi connectivity index (χ0n) is 10.3. The van der Waals surface area contributed by atoms with Crippen molar-refractivity contribution in [1.29, 1.82) is 0 Å². The van der Waals surface area contributed by atoms with E-state index < -0.39 is 11.7 Å². The van der Waals surface area contributed by atoms with Crippen molar-refractivity contribution in [3.63, 3.8) is 0 Å². The summed E-state index contributed by atoms with van der Waals surface area (Å²) in [5, 5.41) is 2.50. The molecule has 19 heavy (non-hydrogen) atoms. The van der Waals surface area contributed by atoms with Crippen molar-refractivity contribution in [3.05, 3.63) is 29.3 Å². The lowest BCUT2D eigenvalue weighted by atomic mass is 10.1. The highest BCUT2D eigenvalue weighted by Crippen LogP contribution is 2.35. The van der Waals surface area contributed by atoms with Crippen LogP contribution in [0.2, 0.25) is 0 Å². The van der Waals surface area contributed by atoms with E-state index in [9.17, 15) is 18.0 Å². The smallest absolute Gasteiger partial charge is 0.326 e. The SMILES string of the molecule is NCc1ccc(NC(=O)CC2CC2)cc1C(F)(F)F. The summed E-state index contributed by atoms with van der Waals surface area (Å²) in [5.74, 6) is 0.154. The first-order valence-corrected chi connectivity index (χ1v) is 6.10. The molecule has 1 aliphatic carbocycles. The third-order valence-corrected chi connectivity index (χ3v) is 3.09. The molecule has 0 saturated heterocycles. The van der Waals surface area contributed by atoms with Crippen LogP contribution in [0.1, 0.15) is 30.4 Å². The van der Waals surface area contributed by atoms with Crippen molar-refractivity contribution in [3.8, 4) is 0 Å². The van der Waals surface area contributed by atoms with Gasteiger partial charge in [-0.3, -0.25) is 4.79 Å². The molecule has 0 heterocycles. The Kier molecular flexibility index (Phi) is 3.80. The molecular formula is C13H15F3N2O. The molecule has 1 fully saturated rings. The molecule has 6 heteroatoms. The fourth-order valence-electron chi connectivity index (χ4n) is 1.89. The van der Waals surface area contributed by atoms with Crippen LogP contribution in [-0.4, -0.2) is 5.91 Å². The normalized spacial score (nSPS) is 15.4. The maximum Gasteiger partial charge on any atom is 0.416 e. The number of amides is 1. The minimum Gasteiger partial charge on any atom is -0.326 e. The first-order valence-electron chi connectivity index (χ1n) is 6.10. The second-order valence-electron chi connectivity index (χ2n) is 4.77. The summed E-state index contributed by atoms with van der Waals surface area (Å²) in [6.07, 6.45) is -2.05. The van der Waals surface area contributed by atoms with Crippen molar-refractivity contribution in [1.82, 2.24) is 0 Å². The molecule has 1 aliphatic rings. The Bertz CT molecular complexity index is 481. The molecule has 1 aromatic carbocycles. The van der Waals surface area contributed by atoms with Crippen LogP contribution in [0.25, 0.3) is 0 Å². The van der Waals surface area contributed by atoms with E-state index in [0.29, 0.717) is 12.3 Å². The topological polar surface area (TPSA) is 55.1 Å². The summed E-state index contributed by atoms with van der Waals surface area (Å²) in [5.41, 5.74) is 4.68. The van der Waals surface area contributed by atoms with Gasteiger partial charge >= 0.3 is 6.18 Å².